The van der Waals surface area contributed by atoms with Gasteiger partial charge in [-0.25, -0.2) is 8.42 Å². The molecule has 2 aromatic rings. The summed E-state index contributed by atoms with van der Waals surface area (Å²) in [5, 5.41) is 5.37. The molecule has 0 aromatic heterocycles. The van der Waals surface area contributed by atoms with E-state index in [9.17, 15) is 18.0 Å². The molecule has 1 saturated heterocycles. The van der Waals surface area contributed by atoms with Gasteiger partial charge < -0.3 is 24.8 Å². The van der Waals surface area contributed by atoms with Crippen LogP contribution in [-0.2, 0) is 19.6 Å². The number of hydrogen-bond acceptors (Lipinski definition) is 7. The van der Waals surface area contributed by atoms with Crippen LogP contribution in [0.3, 0.4) is 0 Å². The molecule has 0 saturated carbocycles. The number of hydrogen-bond donors (Lipinski definition) is 2. The second kappa shape index (κ2) is 11.1. The van der Waals surface area contributed by atoms with Crippen LogP contribution >= 0.6 is 0 Å². The molecule has 0 spiro atoms. The van der Waals surface area contributed by atoms with Gasteiger partial charge in [0.25, 0.3) is 5.91 Å². The Morgan fingerprint density at radius 3 is 2.18 bits per heavy atom. The molecule has 10 nitrogen and oxygen atoms in total. The Bertz CT molecular complexity index is 1060. The van der Waals surface area contributed by atoms with Crippen LogP contribution in [0.2, 0.25) is 0 Å². The average Bonchev–Trinajstić information content (AvgIpc) is 2.84. The normalized spacial score (nSPS) is 14.4. The highest BCUT2D eigenvalue weighted by molar-refractivity contribution is 7.89. The Morgan fingerprint density at radius 1 is 1.00 bits per heavy atom. The third-order valence-electron chi connectivity index (χ3n) is 5.00. The molecule has 0 unspecified atom stereocenters. The minimum absolute atomic E-state index is 0.0423. The fourth-order valence-corrected chi connectivity index (χ4v) is 4.61. The predicted octanol–water partition coefficient (Wildman–Crippen LogP) is 1.48. The maximum Gasteiger partial charge on any atom is 0.251 e. The van der Waals surface area contributed by atoms with Crippen LogP contribution in [-0.4, -0.2) is 71.6 Å². The highest BCUT2D eigenvalue weighted by Gasteiger charge is 2.26. The Morgan fingerprint density at radius 2 is 1.61 bits per heavy atom. The molecule has 2 N–H and O–H groups in total. The molecular weight excluding hydrogens is 450 g/mol. The summed E-state index contributed by atoms with van der Waals surface area (Å²) in [4.78, 5) is 24.7. The molecule has 33 heavy (non-hydrogen) atoms. The molecule has 2 aromatic carbocycles. The molecule has 0 aliphatic carbocycles. The Balaban J connectivity index is 1.50. The first-order chi connectivity index (χ1) is 15.8. The molecule has 3 rings (SSSR count). The fourth-order valence-electron chi connectivity index (χ4n) is 3.20. The summed E-state index contributed by atoms with van der Waals surface area (Å²) in [7, 11) is -0.609. The smallest absolute Gasteiger partial charge is 0.251 e. The number of nitrogens with zero attached hydrogens (tertiary/aromatic N) is 1. The van der Waals surface area contributed by atoms with Crippen LogP contribution in [0.15, 0.2) is 47.4 Å². The number of carbonyl (C=O) groups excluding carboxylic acids is 2. The van der Waals surface area contributed by atoms with Gasteiger partial charge in [0.15, 0.2) is 0 Å². The van der Waals surface area contributed by atoms with Crippen molar-refractivity contribution in [2.45, 2.75) is 11.3 Å². The summed E-state index contributed by atoms with van der Waals surface area (Å²) < 4.78 is 42.2. The van der Waals surface area contributed by atoms with Gasteiger partial charge in [0.2, 0.25) is 15.9 Å². The maximum atomic E-state index is 12.7. The first-order valence-electron chi connectivity index (χ1n) is 10.3. The standard InChI is InChI=1S/C22H27N3O7S/c1-30-18-13-16(14-19(15-18)31-2)22(27)23-8-7-21(26)24-17-3-5-20(6-4-17)33(28,29)25-9-11-32-12-10-25/h3-6,13-15H,7-12H2,1-2H3,(H,23,27)(H,24,26). The van der Waals surface area contributed by atoms with Crippen LogP contribution in [0.1, 0.15) is 16.8 Å². The van der Waals surface area contributed by atoms with Gasteiger partial charge in [-0.1, -0.05) is 0 Å². The quantitative estimate of drug-likeness (QED) is 0.561. The number of morpholine rings is 1. The number of methoxy groups -OCH3 is 2. The van der Waals surface area contributed by atoms with Crippen molar-refractivity contribution < 1.29 is 32.2 Å². The molecule has 11 heteroatoms. The number of amides is 2. The lowest BCUT2D eigenvalue weighted by atomic mass is 10.2. The summed E-state index contributed by atoms with van der Waals surface area (Å²) in [6.45, 7) is 1.49. The van der Waals surface area contributed by atoms with Crippen LogP contribution in [0.5, 0.6) is 11.5 Å². The van der Waals surface area contributed by atoms with Crippen LogP contribution in [0, 0.1) is 0 Å². The molecule has 0 atom stereocenters. The lowest BCUT2D eigenvalue weighted by Crippen LogP contribution is -2.40. The molecule has 1 aliphatic heterocycles. The fraction of sp³-hybridized carbons (Fsp3) is 0.364. The third kappa shape index (κ3) is 6.44. The van der Waals surface area contributed by atoms with E-state index in [1.54, 1.807) is 18.2 Å². The highest BCUT2D eigenvalue weighted by Crippen LogP contribution is 2.22. The van der Waals surface area contributed by atoms with Crippen molar-refractivity contribution in [1.82, 2.24) is 9.62 Å². The number of nitrogens with one attached hydrogen (secondary N) is 2. The number of rotatable bonds is 9. The van der Waals surface area contributed by atoms with Crippen molar-refractivity contribution in [1.29, 1.82) is 0 Å². The Labute approximate surface area is 192 Å². The Hall–Kier alpha value is -3.15. The maximum absolute atomic E-state index is 12.7. The number of anilines is 1. The molecule has 0 bridgehead atoms. The zero-order chi connectivity index (χ0) is 23.8. The molecule has 1 aliphatic rings. The molecule has 178 valence electrons. The van der Waals surface area contributed by atoms with Gasteiger partial charge in [-0.15, -0.1) is 0 Å². The first kappa shape index (κ1) is 24.5. The van der Waals surface area contributed by atoms with Crippen molar-refractivity contribution in [2.24, 2.45) is 0 Å². The topological polar surface area (TPSA) is 123 Å². The van der Waals surface area contributed by atoms with E-state index in [0.29, 0.717) is 49.1 Å². The molecule has 1 heterocycles. The predicted molar refractivity (Wildman–Crippen MR) is 121 cm³/mol. The largest absolute Gasteiger partial charge is 0.497 e. The van der Waals surface area contributed by atoms with Crippen molar-refractivity contribution in [3.05, 3.63) is 48.0 Å². The van der Waals surface area contributed by atoms with E-state index in [0.717, 1.165) is 0 Å². The van der Waals surface area contributed by atoms with E-state index in [1.807, 2.05) is 0 Å². The van der Waals surface area contributed by atoms with Crippen LogP contribution < -0.4 is 20.1 Å². The van der Waals surface area contributed by atoms with Crippen LogP contribution in [0.4, 0.5) is 5.69 Å². The molecule has 1 fully saturated rings. The molecular formula is C22H27N3O7S. The number of carbonyl (C=O) groups is 2. The van der Waals surface area contributed by atoms with Crippen molar-refractivity contribution in [2.75, 3.05) is 52.4 Å². The van der Waals surface area contributed by atoms with Crippen LogP contribution in [0.25, 0.3) is 0 Å². The first-order valence-corrected chi connectivity index (χ1v) is 11.8. The summed E-state index contributed by atoms with van der Waals surface area (Å²) >= 11 is 0. The summed E-state index contributed by atoms with van der Waals surface area (Å²) in [6.07, 6.45) is 0.0423. The third-order valence-corrected chi connectivity index (χ3v) is 6.91. The molecule has 2 amide bonds. The van der Waals surface area contributed by atoms with E-state index in [2.05, 4.69) is 10.6 Å². The highest BCUT2D eigenvalue weighted by atomic mass is 32.2. The van der Waals surface area contributed by atoms with Crippen molar-refractivity contribution in [3.63, 3.8) is 0 Å². The number of ether oxygens (including phenoxy) is 3. The zero-order valence-corrected chi connectivity index (χ0v) is 19.3. The summed E-state index contributed by atoms with van der Waals surface area (Å²) in [5.74, 6) is 0.285. The zero-order valence-electron chi connectivity index (χ0n) is 18.5. The lowest BCUT2D eigenvalue weighted by Gasteiger charge is -2.26. The summed E-state index contributed by atoms with van der Waals surface area (Å²) in [5.41, 5.74) is 0.813. The SMILES string of the molecule is COc1cc(OC)cc(C(=O)NCCC(=O)Nc2ccc(S(=O)(=O)N3CCOCC3)cc2)c1. The van der Waals surface area contributed by atoms with Gasteiger partial charge in [0.05, 0.1) is 32.3 Å². The monoisotopic (exact) mass is 477 g/mol. The van der Waals surface area contributed by atoms with E-state index < -0.39 is 10.0 Å². The Kier molecular flexibility index (Phi) is 8.26. The molecule has 0 radical (unpaired) electrons. The minimum Gasteiger partial charge on any atom is -0.497 e. The van der Waals surface area contributed by atoms with Gasteiger partial charge in [0, 0.05) is 43.4 Å². The lowest BCUT2D eigenvalue weighted by molar-refractivity contribution is -0.116. The minimum atomic E-state index is -3.59. The van der Waals surface area contributed by atoms with Gasteiger partial charge in [0.1, 0.15) is 11.5 Å². The van der Waals surface area contributed by atoms with Gasteiger partial charge >= 0.3 is 0 Å². The average molecular weight is 478 g/mol. The summed E-state index contributed by atoms with van der Waals surface area (Å²) in [6, 6.07) is 10.8. The van der Waals surface area contributed by atoms with Gasteiger partial charge in [-0.2, -0.15) is 4.31 Å². The van der Waals surface area contributed by atoms with Gasteiger partial charge in [-0.05, 0) is 36.4 Å². The van der Waals surface area contributed by atoms with Gasteiger partial charge in [-0.3, -0.25) is 9.59 Å². The van der Waals surface area contributed by atoms with Crippen molar-refractivity contribution >= 4 is 27.5 Å². The van der Waals surface area contributed by atoms with E-state index >= 15 is 0 Å². The van der Waals surface area contributed by atoms with E-state index in [4.69, 9.17) is 14.2 Å². The van der Waals surface area contributed by atoms with Crippen molar-refractivity contribution in [3.8, 4) is 11.5 Å². The second-order valence-electron chi connectivity index (χ2n) is 7.20. The second-order valence-corrected chi connectivity index (χ2v) is 9.13. The number of benzene rings is 2. The number of sulfonamides is 1. The van der Waals surface area contributed by atoms with E-state index in [1.165, 1.54) is 42.8 Å². The van der Waals surface area contributed by atoms with E-state index in [-0.39, 0.29) is 29.7 Å².